The van der Waals surface area contributed by atoms with Crippen LogP contribution in [0.4, 0.5) is 0 Å². The van der Waals surface area contributed by atoms with Gasteiger partial charge < -0.3 is 4.74 Å². The van der Waals surface area contributed by atoms with Crippen molar-refractivity contribution in [2.75, 3.05) is 13.2 Å². The van der Waals surface area contributed by atoms with Gasteiger partial charge in [0.15, 0.2) is 6.40 Å². The molecule has 1 rings (SSSR count). The summed E-state index contributed by atoms with van der Waals surface area (Å²) < 4.78 is 4.65. The monoisotopic (exact) mass is 268 g/mol. The zero-order valence-corrected chi connectivity index (χ0v) is 5.32. The Balaban J connectivity index is 0.000000250. The van der Waals surface area contributed by atoms with Crippen LogP contribution in [0, 0.1) is 0 Å². The Morgan fingerprint density at radius 1 is 1.67 bits per heavy atom. The average Bonchev–Trinajstić information content (AvgIpc) is 1.76. The Hall–Kier alpha value is 0.210. The second-order valence-corrected chi connectivity index (χ2v) is 0.882. The molecule has 0 aromatic rings. The maximum Gasteiger partial charge on any atom is 0.169 e. The molecular formula is C3H5AuNO. The van der Waals surface area contributed by atoms with E-state index in [1.165, 1.54) is 6.40 Å². The minimum absolute atomic E-state index is 0. The van der Waals surface area contributed by atoms with E-state index in [4.69, 9.17) is 0 Å². The number of aliphatic imine (C=N–C) groups is 1. The van der Waals surface area contributed by atoms with E-state index in [0.717, 1.165) is 13.2 Å². The predicted octanol–water partition coefficient (Wildman–Crippen LogP) is 0.0424. The molecule has 0 aromatic heterocycles. The topological polar surface area (TPSA) is 21.6 Å². The van der Waals surface area contributed by atoms with Gasteiger partial charge in [-0.25, -0.2) is 0 Å². The first-order valence-corrected chi connectivity index (χ1v) is 1.60. The smallest absolute Gasteiger partial charge is 0.169 e. The van der Waals surface area contributed by atoms with Crippen LogP contribution in [0.5, 0.6) is 0 Å². The zero-order chi connectivity index (χ0) is 3.54. The van der Waals surface area contributed by atoms with Crippen molar-refractivity contribution in [3.63, 3.8) is 0 Å². The van der Waals surface area contributed by atoms with Crippen LogP contribution in [-0.4, -0.2) is 19.6 Å². The third-order valence-corrected chi connectivity index (χ3v) is 0.487. The van der Waals surface area contributed by atoms with Crippen molar-refractivity contribution in [1.82, 2.24) is 0 Å². The van der Waals surface area contributed by atoms with Gasteiger partial charge in [-0.1, -0.05) is 0 Å². The maximum absolute atomic E-state index is 4.65. The molecule has 1 radical (unpaired) electrons. The summed E-state index contributed by atoms with van der Waals surface area (Å²) in [5.41, 5.74) is 0. The largest absolute Gasteiger partial charge is 0.482 e. The fourth-order valence-electron chi connectivity index (χ4n) is 0.264. The predicted molar refractivity (Wildman–Crippen MR) is 19.3 cm³/mol. The molecule has 2 nitrogen and oxygen atoms in total. The SMILES string of the molecule is C1=NCCO1.[Au]. The maximum atomic E-state index is 4.65. The number of ether oxygens (including phenoxy) is 1. The third kappa shape index (κ3) is 1.60. The first kappa shape index (κ1) is 6.21. The Labute approximate surface area is 52.1 Å². The summed E-state index contributed by atoms with van der Waals surface area (Å²) in [7, 11) is 0. The van der Waals surface area contributed by atoms with Gasteiger partial charge in [-0.3, -0.25) is 4.99 Å². The van der Waals surface area contributed by atoms with Crippen LogP contribution in [0.1, 0.15) is 0 Å². The van der Waals surface area contributed by atoms with E-state index in [2.05, 4.69) is 9.73 Å². The van der Waals surface area contributed by atoms with Gasteiger partial charge in [0.1, 0.15) is 6.61 Å². The Morgan fingerprint density at radius 2 is 2.50 bits per heavy atom. The molecule has 1 aliphatic rings. The Bertz CT molecular complexity index is 48.8. The second-order valence-electron chi connectivity index (χ2n) is 0.882. The molecule has 0 spiro atoms. The van der Waals surface area contributed by atoms with Crippen molar-refractivity contribution < 1.29 is 27.1 Å². The van der Waals surface area contributed by atoms with Gasteiger partial charge in [-0.05, 0) is 0 Å². The van der Waals surface area contributed by atoms with Gasteiger partial charge in [0.05, 0.1) is 6.54 Å². The fourth-order valence-corrected chi connectivity index (χ4v) is 0.264. The van der Waals surface area contributed by atoms with Crippen LogP contribution in [0.2, 0.25) is 0 Å². The number of rotatable bonds is 0. The molecule has 0 atom stereocenters. The molecular weight excluding hydrogens is 263 g/mol. The first-order chi connectivity index (χ1) is 2.50. The average molecular weight is 268 g/mol. The second kappa shape index (κ2) is 3.40. The van der Waals surface area contributed by atoms with Crippen molar-refractivity contribution in [3.05, 3.63) is 0 Å². The summed E-state index contributed by atoms with van der Waals surface area (Å²) in [6.07, 6.45) is 1.49. The van der Waals surface area contributed by atoms with Gasteiger partial charge in [0, 0.05) is 22.4 Å². The molecule has 6 heavy (non-hydrogen) atoms. The molecule has 0 saturated carbocycles. The summed E-state index contributed by atoms with van der Waals surface area (Å²) >= 11 is 0. The van der Waals surface area contributed by atoms with Crippen LogP contribution >= 0.6 is 0 Å². The van der Waals surface area contributed by atoms with Gasteiger partial charge in [0.25, 0.3) is 0 Å². The van der Waals surface area contributed by atoms with Crippen molar-refractivity contribution in [3.8, 4) is 0 Å². The van der Waals surface area contributed by atoms with E-state index >= 15 is 0 Å². The molecule has 0 N–H and O–H groups in total. The molecule has 1 heterocycles. The molecule has 0 bridgehead atoms. The molecule has 39 valence electrons. The van der Waals surface area contributed by atoms with Crippen LogP contribution in [0.15, 0.2) is 4.99 Å². The Kier molecular flexibility index (Phi) is 3.52. The van der Waals surface area contributed by atoms with E-state index < -0.39 is 0 Å². The summed E-state index contributed by atoms with van der Waals surface area (Å²) in [6, 6.07) is 0. The number of hydrogen-bond acceptors (Lipinski definition) is 2. The molecule has 0 saturated heterocycles. The third-order valence-electron chi connectivity index (χ3n) is 0.487. The molecule has 1 aliphatic heterocycles. The molecule has 0 unspecified atom stereocenters. The summed E-state index contributed by atoms with van der Waals surface area (Å²) in [4.78, 5) is 3.74. The van der Waals surface area contributed by atoms with E-state index in [9.17, 15) is 0 Å². The van der Waals surface area contributed by atoms with Gasteiger partial charge in [0.2, 0.25) is 0 Å². The van der Waals surface area contributed by atoms with Gasteiger partial charge >= 0.3 is 0 Å². The normalized spacial score (nSPS) is 16.0. The van der Waals surface area contributed by atoms with E-state index in [0.29, 0.717) is 0 Å². The minimum Gasteiger partial charge on any atom is -0.482 e. The molecule has 0 aliphatic carbocycles. The fraction of sp³-hybridized carbons (Fsp3) is 0.667. The van der Waals surface area contributed by atoms with Crippen molar-refractivity contribution in [2.24, 2.45) is 4.99 Å². The number of hydrogen-bond donors (Lipinski definition) is 0. The van der Waals surface area contributed by atoms with Crippen LogP contribution < -0.4 is 0 Å². The molecule has 3 heteroatoms. The molecule has 0 aromatic carbocycles. The first-order valence-electron chi connectivity index (χ1n) is 1.60. The van der Waals surface area contributed by atoms with Crippen molar-refractivity contribution in [1.29, 1.82) is 0 Å². The minimum atomic E-state index is 0. The van der Waals surface area contributed by atoms with Gasteiger partial charge in [-0.15, -0.1) is 0 Å². The van der Waals surface area contributed by atoms with Gasteiger partial charge in [-0.2, -0.15) is 0 Å². The van der Waals surface area contributed by atoms with Crippen LogP contribution in [-0.2, 0) is 27.1 Å². The van der Waals surface area contributed by atoms with E-state index in [1.807, 2.05) is 0 Å². The molecule has 0 fully saturated rings. The van der Waals surface area contributed by atoms with E-state index in [-0.39, 0.29) is 22.4 Å². The van der Waals surface area contributed by atoms with E-state index in [1.54, 1.807) is 0 Å². The Morgan fingerprint density at radius 3 is 2.67 bits per heavy atom. The summed E-state index contributed by atoms with van der Waals surface area (Å²) in [5.74, 6) is 0. The quantitative estimate of drug-likeness (QED) is 0.568. The van der Waals surface area contributed by atoms with Crippen molar-refractivity contribution >= 4 is 6.40 Å². The summed E-state index contributed by atoms with van der Waals surface area (Å²) in [5, 5.41) is 0. The standard InChI is InChI=1S/C3H5NO.Au/c1-2-5-3-4-1;/h3H,1-2H2;. The van der Waals surface area contributed by atoms with Crippen LogP contribution in [0.25, 0.3) is 0 Å². The zero-order valence-electron chi connectivity index (χ0n) is 3.15. The molecule has 0 amide bonds. The number of nitrogens with zero attached hydrogens (tertiary/aromatic N) is 1. The summed E-state index contributed by atoms with van der Waals surface area (Å²) in [6.45, 7) is 1.62. The van der Waals surface area contributed by atoms with Crippen molar-refractivity contribution in [2.45, 2.75) is 0 Å². The van der Waals surface area contributed by atoms with Crippen LogP contribution in [0.3, 0.4) is 0 Å².